The lowest BCUT2D eigenvalue weighted by molar-refractivity contribution is -0.181. The van der Waals surface area contributed by atoms with Crippen molar-refractivity contribution in [3.05, 3.63) is 0 Å². The fourth-order valence-electron chi connectivity index (χ4n) is 1.69. The van der Waals surface area contributed by atoms with Crippen molar-refractivity contribution in [1.82, 2.24) is 0 Å². The Morgan fingerprint density at radius 3 is 2.20 bits per heavy atom. The van der Waals surface area contributed by atoms with Crippen LogP contribution in [0, 0.1) is 0 Å². The first-order valence-corrected chi connectivity index (χ1v) is 5.26. The van der Waals surface area contributed by atoms with Gasteiger partial charge in [-0.15, -0.1) is 0 Å². The second-order valence-electron chi connectivity index (χ2n) is 3.62. The second kappa shape index (κ2) is 7.20. The molecule has 0 amide bonds. The molecule has 1 heterocycles. The van der Waals surface area contributed by atoms with Gasteiger partial charge in [0.2, 0.25) is 0 Å². The predicted molar refractivity (Wildman–Crippen MR) is 63.4 cm³/mol. The first-order valence-electron chi connectivity index (χ1n) is 9.76. The highest BCUT2D eigenvalue weighted by molar-refractivity contribution is 5.67. The molecule has 1 unspecified atom stereocenters. The standard InChI is InChI=1S/C12H18O8/c1-6(13)17-5-9-10(18-7(2)14)11(19-8(3)15)12(16-4)20-9/h9-12H,5H2,1-4H3/t9-,10-,11-,12?/m1/s1/i1D3,2D3,3D3. The van der Waals surface area contributed by atoms with E-state index in [1.165, 1.54) is 0 Å². The first-order chi connectivity index (χ1) is 13.0. The molecule has 0 radical (unpaired) electrons. The van der Waals surface area contributed by atoms with Gasteiger partial charge in [-0.1, -0.05) is 0 Å². The van der Waals surface area contributed by atoms with Crippen molar-refractivity contribution in [2.75, 3.05) is 13.7 Å². The molecule has 1 rings (SSSR count). The molecule has 8 heteroatoms. The predicted octanol–water partition coefficient (Wildman–Crippen LogP) is -0.216. The lowest BCUT2D eigenvalue weighted by Crippen LogP contribution is -2.41. The van der Waals surface area contributed by atoms with Gasteiger partial charge < -0.3 is 23.7 Å². The number of rotatable bonds is 5. The molecule has 1 aliphatic heterocycles. The van der Waals surface area contributed by atoms with Gasteiger partial charge >= 0.3 is 17.9 Å². The van der Waals surface area contributed by atoms with Gasteiger partial charge in [-0.25, -0.2) is 0 Å². The summed E-state index contributed by atoms with van der Waals surface area (Å²) in [6.45, 7) is -10.4. The van der Waals surface area contributed by atoms with Gasteiger partial charge in [0.25, 0.3) is 0 Å². The van der Waals surface area contributed by atoms with E-state index in [-0.39, 0.29) is 0 Å². The molecule has 114 valence electrons. The van der Waals surface area contributed by atoms with Gasteiger partial charge in [0.05, 0.1) is 0 Å². The summed E-state index contributed by atoms with van der Waals surface area (Å²) in [5, 5.41) is 0. The molecule has 0 spiro atoms. The Kier molecular flexibility index (Phi) is 2.65. The largest absolute Gasteiger partial charge is 0.463 e. The maximum atomic E-state index is 11.8. The van der Waals surface area contributed by atoms with Crippen molar-refractivity contribution in [2.45, 2.75) is 45.2 Å². The summed E-state index contributed by atoms with van der Waals surface area (Å²) >= 11 is 0. The van der Waals surface area contributed by atoms with Crippen LogP contribution in [0.25, 0.3) is 0 Å². The van der Waals surface area contributed by atoms with Crippen LogP contribution in [0.2, 0.25) is 0 Å². The van der Waals surface area contributed by atoms with Crippen LogP contribution >= 0.6 is 0 Å². The van der Waals surface area contributed by atoms with E-state index in [0.29, 0.717) is 0 Å². The average Bonchev–Trinajstić information content (AvgIpc) is 2.86. The molecule has 1 aliphatic rings. The Hall–Kier alpha value is -1.67. The van der Waals surface area contributed by atoms with E-state index < -0.39 is 69.7 Å². The number of hydrogen-bond donors (Lipinski definition) is 0. The average molecular weight is 299 g/mol. The molecule has 1 saturated heterocycles. The zero-order chi connectivity index (χ0) is 22.8. The third kappa shape index (κ3) is 4.46. The SMILES string of the molecule is [2H]C([2H])([2H])C(=O)OC[C@H]1OC(OC)[C@H](OC(=O)C([2H])([2H])[2H])[C@@H]1OC(=O)C([2H])([2H])[2H]. The lowest BCUT2D eigenvalue weighted by atomic mass is 10.1. The molecule has 4 atom stereocenters. The number of carbonyl (C=O) groups is 3. The molecule has 0 aliphatic carbocycles. The summed E-state index contributed by atoms with van der Waals surface area (Å²) in [5.41, 5.74) is 0. The van der Waals surface area contributed by atoms with Crippen molar-refractivity contribution in [2.24, 2.45) is 0 Å². The van der Waals surface area contributed by atoms with Crippen molar-refractivity contribution >= 4 is 17.9 Å². The summed E-state index contributed by atoms with van der Waals surface area (Å²) in [7, 11) is 1.06. The van der Waals surface area contributed by atoms with Gasteiger partial charge in [-0.3, -0.25) is 14.4 Å². The zero-order valence-corrected chi connectivity index (χ0v) is 10.3. The molecule has 20 heavy (non-hydrogen) atoms. The molecular weight excluding hydrogens is 272 g/mol. The van der Waals surface area contributed by atoms with E-state index in [1.54, 1.807) is 0 Å². The fourth-order valence-corrected chi connectivity index (χ4v) is 1.69. The van der Waals surface area contributed by atoms with E-state index in [2.05, 4.69) is 4.74 Å². The van der Waals surface area contributed by atoms with Crippen LogP contribution in [0.3, 0.4) is 0 Å². The van der Waals surface area contributed by atoms with Gasteiger partial charge in [-0.05, 0) is 0 Å². The highest BCUT2D eigenvalue weighted by atomic mass is 16.7. The highest BCUT2D eigenvalue weighted by Gasteiger charge is 2.49. The molecule has 0 N–H and O–H groups in total. The second-order valence-corrected chi connectivity index (χ2v) is 3.62. The quantitative estimate of drug-likeness (QED) is 0.508. The van der Waals surface area contributed by atoms with E-state index in [1.807, 2.05) is 0 Å². The van der Waals surface area contributed by atoms with Crippen LogP contribution in [0.5, 0.6) is 0 Å². The minimum atomic E-state index is -3.23. The van der Waals surface area contributed by atoms with Crippen molar-refractivity contribution in [1.29, 1.82) is 0 Å². The number of ether oxygens (including phenoxy) is 5. The van der Waals surface area contributed by atoms with E-state index in [4.69, 9.17) is 31.3 Å². The number of esters is 3. The number of carbonyl (C=O) groups excluding carboxylic acids is 3. The maximum absolute atomic E-state index is 11.8. The molecule has 0 saturated carbocycles. The molecule has 0 aromatic heterocycles. The van der Waals surface area contributed by atoms with Crippen LogP contribution in [-0.4, -0.2) is 56.2 Å². The van der Waals surface area contributed by atoms with Crippen LogP contribution < -0.4 is 0 Å². The zero-order valence-electron chi connectivity index (χ0n) is 19.3. The minimum Gasteiger partial charge on any atom is -0.463 e. The third-order valence-electron chi connectivity index (χ3n) is 2.36. The molecule has 0 bridgehead atoms. The van der Waals surface area contributed by atoms with Gasteiger partial charge in [0.1, 0.15) is 12.7 Å². The smallest absolute Gasteiger partial charge is 0.303 e. The van der Waals surface area contributed by atoms with Crippen LogP contribution in [0.1, 0.15) is 32.9 Å². The lowest BCUT2D eigenvalue weighted by Gasteiger charge is -2.22. The van der Waals surface area contributed by atoms with Crippen molar-refractivity contribution < 1.29 is 50.4 Å². The van der Waals surface area contributed by atoms with Crippen LogP contribution in [0.4, 0.5) is 0 Å². The number of hydrogen-bond acceptors (Lipinski definition) is 8. The van der Waals surface area contributed by atoms with Crippen LogP contribution in [-0.2, 0) is 38.1 Å². The Labute approximate surface area is 128 Å². The monoisotopic (exact) mass is 299 g/mol. The van der Waals surface area contributed by atoms with Crippen molar-refractivity contribution in [3.8, 4) is 0 Å². The minimum absolute atomic E-state index is 0.849. The summed E-state index contributed by atoms with van der Waals surface area (Å²) in [5.74, 6) is -5.09. The third-order valence-corrected chi connectivity index (χ3v) is 2.36. The number of methoxy groups -OCH3 is 1. The van der Waals surface area contributed by atoms with Gasteiger partial charge in [-0.2, -0.15) is 0 Å². The Balaban J connectivity index is 3.10. The Morgan fingerprint density at radius 1 is 1.05 bits per heavy atom. The highest BCUT2D eigenvalue weighted by Crippen LogP contribution is 2.27. The maximum Gasteiger partial charge on any atom is 0.303 e. The van der Waals surface area contributed by atoms with E-state index in [9.17, 15) is 14.4 Å². The first kappa shape index (κ1) is 7.37. The normalized spacial score (nSPS) is 37.4. The molecule has 8 nitrogen and oxygen atoms in total. The Morgan fingerprint density at radius 2 is 1.65 bits per heavy atom. The van der Waals surface area contributed by atoms with Gasteiger partial charge in [0.15, 0.2) is 18.5 Å². The fraction of sp³-hybridized carbons (Fsp3) is 0.750. The summed E-state index contributed by atoms with van der Waals surface area (Å²) in [6.07, 6.45) is -6.57. The molecule has 0 aromatic carbocycles. The summed E-state index contributed by atoms with van der Waals surface area (Å²) < 4.78 is 87.2. The molecule has 0 aromatic rings. The van der Waals surface area contributed by atoms with Gasteiger partial charge in [0, 0.05) is 40.0 Å². The molecular formula is C12H18O8. The molecule has 1 fully saturated rings. The summed E-state index contributed by atoms with van der Waals surface area (Å²) in [6, 6.07) is 0. The Bertz CT molecular complexity index is 626. The van der Waals surface area contributed by atoms with Crippen LogP contribution in [0.15, 0.2) is 0 Å². The topological polar surface area (TPSA) is 97.4 Å². The van der Waals surface area contributed by atoms with E-state index in [0.717, 1.165) is 7.11 Å². The summed E-state index contributed by atoms with van der Waals surface area (Å²) in [4.78, 5) is 34.9. The van der Waals surface area contributed by atoms with Crippen molar-refractivity contribution in [3.63, 3.8) is 0 Å². The van der Waals surface area contributed by atoms with E-state index >= 15 is 0 Å².